The van der Waals surface area contributed by atoms with E-state index in [1.807, 2.05) is 6.07 Å². The van der Waals surface area contributed by atoms with Crippen molar-refractivity contribution in [2.24, 2.45) is 0 Å². The zero-order valence-corrected chi connectivity index (χ0v) is 12.5. The maximum absolute atomic E-state index is 12.1. The van der Waals surface area contributed by atoms with Crippen LogP contribution in [0.3, 0.4) is 0 Å². The Bertz CT molecular complexity index is 673. The number of nitro benzene ring substituents is 1. The largest absolute Gasteiger partial charge is 0.349 e. The minimum Gasteiger partial charge on any atom is -0.349 e. The summed E-state index contributed by atoms with van der Waals surface area (Å²) in [6.45, 7) is 0. The van der Waals surface area contributed by atoms with Crippen molar-refractivity contribution in [2.45, 2.75) is 31.7 Å². The van der Waals surface area contributed by atoms with Gasteiger partial charge in [0.25, 0.3) is 11.6 Å². The summed E-state index contributed by atoms with van der Waals surface area (Å²) in [5.74, 6) is -0.475. The molecule has 1 amide bonds. The summed E-state index contributed by atoms with van der Waals surface area (Å²) in [6, 6.07) is 5.79. The number of non-ortho nitro benzene ring substituents is 1. The van der Waals surface area contributed by atoms with Crippen LogP contribution < -0.4 is 5.32 Å². The van der Waals surface area contributed by atoms with Gasteiger partial charge < -0.3 is 5.32 Å². The molecule has 0 spiro atoms. The van der Waals surface area contributed by atoms with E-state index in [9.17, 15) is 14.9 Å². The van der Waals surface area contributed by atoms with Crippen molar-refractivity contribution in [3.63, 3.8) is 0 Å². The van der Waals surface area contributed by atoms with E-state index in [2.05, 4.69) is 5.32 Å². The van der Waals surface area contributed by atoms with Crippen LogP contribution in [0.5, 0.6) is 0 Å². The molecule has 7 heteroatoms. The minimum atomic E-state index is -0.557. The smallest absolute Gasteiger partial charge is 0.270 e. The number of nitrogens with zero attached hydrogens (tertiary/aromatic N) is 2. The van der Waals surface area contributed by atoms with E-state index in [4.69, 9.17) is 16.9 Å². The molecular formula is C15H14ClN3O3. The maximum atomic E-state index is 12.1. The zero-order chi connectivity index (χ0) is 16.1. The Balaban J connectivity index is 2.24. The number of amides is 1. The number of hydrogen-bond acceptors (Lipinski definition) is 4. The highest BCUT2D eigenvalue weighted by atomic mass is 35.5. The molecule has 1 aromatic carbocycles. The van der Waals surface area contributed by atoms with Gasteiger partial charge in [-0.3, -0.25) is 14.9 Å². The lowest BCUT2D eigenvalue weighted by atomic mass is 10.1. The number of carbonyl (C=O) groups excluding carboxylic acids is 1. The average molecular weight is 320 g/mol. The quantitative estimate of drug-likeness (QED) is 0.399. The van der Waals surface area contributed by atoms with E-state index in [-0.39, 0.29) is 27.9 Å². The molecule has 114 valence electrons. The fourth-order valence-corrected chi connectivity index (χ4v) is 2.56. The summed E-state index contributed by atoms with van der Waals surface area (Å²) >= 11 is 5.97. The van der Waals surface area contributed by atoms with Gasteiger partial charge in [-0.25, -0.2) is 0 Å². The first-order chi connectivity index (χ1) is 10.5. The fourth-order valence-electron chi connectivity index (χ4n) is 2.39. The van der Waals surface area contributed by atoms with Crippen LogP contribution in [-0.4, -0.2) is 16.9 Å². The minimum absolute atomic E-state index is 0.0878. The van der Waals surface area contributed by atoms with E-state index < -0.39 is 10.8 Å². The van der Waals surface area contributed by atoms with Crippen molar-refractivity contribution in [3.05, 3.63) is 44.5 Å². The maximum Gasteiger partial charge on any atom is 0.270 e. The molecule has 1 saturated carbocycles. The molecule has 1 aliphatic rings. The highest BCUT2D eigenvalue weighted by Gasteiger charge is 2.19. The number of nitriles is 1. The van der Waals surface area contributed by atoms with Crippen molar-refractivity contribution < 1.29 is 9.72 Å². The van der Waals surface area contributed by atoms with Crippen molar-refractivity contribution >= 4 is 29.3 Å². The first kappa shape index (κ1) is 16.0. The van der Waals surface area contributed by atoms with Gasteiger partial charge in [-0.15, -0.1) is 0 Å². The van der Waals surface area contributed by atoms with Crippen molar-refractivity contribution in [1.29, 1.82) is 5.26 Å². The summed E-state index contributed by atoms with van der Waals surface area (Å²) < 4.78 is 0. The van der Waals surface area contributed by atoms with Crippen LogP contribution in [0.15, 0.2) is 23.8 Å². The first-order valence-corrected chi connectivity index (χ1v) is 7.25. The molecule has 0 radical (unpaired) electrons. The van der Waals surface area contributed by atoms with E-state index in [1.165, 1.54) is 24.3 Å². The Morgan fingerprint density at radius 1 is 1.45 bits per heavy atom. The molecule has 0 bridgehead atoms. The molecule has 0 heterocycles. The number of nitro groups is 1. The Labute approximate surface area is 132 Å². The molecule has 2 rings (SSSR count). The van der Waals surface area contributed by atoms with Gasteiger partial charge in [0.15, 0.2) is 0 Å². The van der Waals surface area contributed by atoms with Crippen molar-refractivity contribution in [2.75, 3.05) is 0 Å². The second-order valence-electron chi connectivity index (χ2n) is 5.09. The van der Waals surface area contributed by atoms with Gasteiger partial charge in [0.1, 0.15) is 11.6 Å². The van der Waals surface area contributed by atoms with Gasteiger partial charge in [0, 0.05) is 28.8 Å². The summed E-state index contributed by atoms with van der Waals surface area (Å²) in [5.41, 5.74) is 0.00688. The van der Waals surface area contributed by atoms with Gasteiger partial charge in [0.05, 0.1) is 4.92 Å². The van der Waals surface area contributed by atoms with Crippen LogP contribution in [0.2, 0.25) is 5.02 Å². The second-order valence-corrected chi connectivity index (χ2v) is 5.49. The van der Waals surface area contributed by atoms with Gasteiger partial charge in [0.2, 0.25) is 0 Å². The monoisotopic (exact) mass is 319 g/mol. The topological polar surface area (TPSA) is 96.0 Å². The first-order valence-electron chi connectivity index (χ1n) is 6.88. The van der Waals surface area contributed by atoms with Crippen molar-refractivity contribution in [1.82, 2.24) is 5.32 Å². The summed E-state index contributed by atoms with van der Waals surface area (Å²) in [4.78, 5) is 22.3. The Kier molecular flexibility index (Phi) is 5.12. The molecule has 6 nitrogen and oxygen atoms in total. The van der Waals surface area contributed by atoms with Crippen molar-refractivity contribution in [3.8, 4) is 6.07 Å². The molecule has 0 unspecified atom stereocenters. The van der Waals surface area contributed by atoms with Crippen LogP contribution in [0.4, 0.5) is 5.69 Å². The summed E-state index contributed by atoms with van der Waals surface area (Å²) in [7, 11) is 0. The molecule has 1 aromatic rings. The molecule has 0 atom stereocenters. The second kappa shape index (κ2) is 7.05. The fraction of sp³-hybridized carbons (Fsp3) is 0.333. The van der Waals surface area contributed by atoms with Crippen LogP contribution >= 0.6 is 11.6 Å². The normalized spacial score (nSPS) is 15.4. The third-order valence-electron chi connectivity index (χ3n) is 3.55. The lowest BCUT2D eigenvalue weighted by molar-refractivity contribution is -0.384. The number of benzene rings is 1. The molecule has 0 aromatic heterocycles. The predicted molar refractivity (Wildman–Crippen MR) is 82.1 cm³/mol. The van der Waals surface area contributed by atoms with Gasteiger partial charge in [-0.1, -0.05) is 24.4 Å². The third kappa shape index (κ3) is 3.83. The lowest BCUT2D eigenvalue weighted by Crippen LogP contribution is -2.33. The standard InChI is InChI=1S/C15H14ClN3O3/c16-14-6-5-13(19(21)22)8-10(14)7-11(9-17)15(20)18-12-3-1-2-4-12/h5-8,12H,1-4H2,(H,18,20)/b11-7-. The van der Waals surface area contributed by atoms with Gasteiger partial charge in [-0.2, -0.15) is 5.26 Å². The Morgan fingerprint density at radius 3 is 2.73 bits per heavy atom. The average Bonchev–Trinajstić information content (AvgIpc) is 2.98. The Hall–Kier alpha value is -2.39. The van der Waals surface area contributed by atoms with Gasteiger partial charge >= 0.3 is 0 Å². The highest BCUT2D eigenvalue weighted by Crippen LogP contribution is 2.24. The number of rotatable bonds is 4. The molecule has 0 aliphatic heterocycles. The third-order valence-corrected chi connectivity index (χ3v) is 3.89. The predicted octanol–water partition coefficient (Wildman–Crippen LogP) is 3.21. The molecule has 22 heavy (non-hydrogen) atoms. The van der Waals surface area contributed by atoms with Crippen LogP contribution in [0.1, 0.15) is 31.2 Å². The zero-order valence-electron chi connectivity index (χ0n) is 11.7. The van der Waals surface area contributed by atoms with E-state index in [1.54, 1.807) is 0 Å². The molecule has 1 N–H and O–H groups in total. The Morgan fingerprint density at radius 2 is 2.14 bits per heavy atom. The van der Waals surface area contributed by atoms with Gasteiger partial charge in [-0.05, 0) is 25.0 Å². The van der Waals surface area contributed by atoms with E-state index in [0.717, 1.165) is 25.7 Å². The summed E-state index contributed by atoms with van der Waals surface area (Å²) in [5, 5.41) is 23.0. The molecule has 0 saturated heterocycles. The van der Waals surface area contributed by atoms with Crippen LogP contribution in [0, 0.1) is 21.4 Å². The number of carbonyl (C=O) groups is 1. The van der Waals surface area contributed by atoms with Crippen LogP contribution in [-0.2, 0) is 4.79 Å². The van der Waals surface area contributed by atoms with Crippen LogP contribution in [0.25, 0.3) is 6.08 Å². The number of nitrogens with one attached hydrogen (secondary N) is 1. The highest BCUT2D eigenvalue weighted by molar-refractivity contribution is 6.32. The summed E-state index contributed by atoms with van der Waals surface area (Å²) in [6.07, 6.45) is 5.21. The lowest BCUT2D eigenvalue weighted by Gasteiger charge is -2.11. The molecular weight excluding hydrogens is 306 g/mol. The number of hydrogen-bond donors (Lipinski definition) is 1. The molecule has 1 fully saturated rings. The van der Waals surface area contributed by atoms with E-state index in [0.29, 0.717) is 0 Å². The van der Waals surface area contributed by atoms with E-state index >= 15 is 0 Å². The number of halogens is 1. The SMILES string of the molecule is N#C/C(=C/c1cc([N+](=O)[O-])ccc1Cl)C(=O)NC1CCCC1. The molecule has 1 aliphatic carbocycles.